The summed E-state index contributed by atoms with van der Waals surface area (Å²) < 4.78 is 2.07. The second-order valence-electron chi connectivity index (χ2n) is 5.42. The Morgan fingerprint density at radius 1 is 1.26 bits per heavy atom. The first-order valence-corrected chi connectivity index (χ1v) is 7.11. The average Bonchev–Trinajstić information content (AvgIpc) is 2.67. The Balaban J connectivity index is 1.85. The molecule has 102 valence electrons. The van der Waals surface area contributed by atoms with Crippen LogP contribution in [0.1, 0.15) is 24.9 Å². The fourth-order valence-electron chi connectivity index (χ4n) is 2.88. The van der Waals surface area contributed by atoms with Gasteiger partial charge in [-0.2, -0.15) is 0 Å². The summed E-state index contributed by atoms with van der Waals surface area (Å²) >= 11 is 0. The van der Waals surface area contributed by atoms with Crippen molar-refractivity contribution >= 4 is 11.0 Å². The molecule has 1 aliphatic rings. The molecule has 0 bridgehead atoms. The summed E-state index contributed by atoms with van der Waals surface area (Å²) in [6.07, 6.45) is 3.12. The van der Waals surface area contributed by atoms with Gasteiger partial charge in [0.25, 0.3) is 0 Å². The van der Waals surface area contributed by atoms with E-state index in [1.165, 1.54) is 24.0 Å². The van der Waals surface area contributed by atoms with Crippen molar-refractivity contribution in [3.8, 4) is 0 Å². The molecule has 1 aromatic heterocycles. The zero-order chi connectivity index (χ0) is 13.2. The highest BCUT2D eigenvalue weighted by molar-refractivity contribution is 5.76. The summed E-state index contributed by atoms with van der Waals surface area (Å²) in [4.78, 5) is 7.02. The van der Waals surface area contributed by atoms with Crippen LogP contribution in [0.25, 0.3) is 11.0 Å². The van der Waals surface area contributed by atoms with Gasteiger partial charge in [0.1, 0.15) is 0 Å². The molecule has 4 nitrogen and oxygen atoms in total. The number of hydrogen-bond acceptors (Lipinski definition) is 3. The van der Waals surface area contributed by atoms with Crippen molar-refractivity contribution in [3.05, 3.63) is 30.1 Å². The van der Waals surface area contributed by atoms with Crippen molar-refractivity contribution in [3.63, 3.8) is 0 Å². The molecule has 0 saturated carbocycles. The van der Waals surface area contributed by atoms with Gasteiger partial charge in [-0.1, -0.05) is 6.07 Å². The minimum Gasteiger partial charge on any atom is -0.334 e. The van der Waals surface area contributed by atoms with Gasteiger partial charge < -0.3 is 9.88 Å². The molecule has 1 aliphatic heterocycles. The van der Waals surface area contributed by atoms with Crippen LogP contribution in [-0.4, -0.2) is 40.6 Å². The van der Waals surface area contributed by atoms with Crippen molar-refractivity contribution in [2.45, 2.75) is 19.4 Å². The summed E-state index contributed by atoms with van der Waals surface area (Å²) in [7, 11) is 2.04. The predicted octanol–water partition coefficient (Wildman–Crippen LogP) is 1.93. The van der Waals surface area contributed by atoms with Gasteiger partial charge in [-0.05, 0) is 44.1 Å². The maximum atomic E-state index is 4.46. The van der Waals surface area contributed by atoms with Crippen LogP contribution >= 0.6 is 0 Å². The predicted molar refractivity (Wildman–Crippen MR) is 78.2 cm³/mol. The van der Waals surface area contributed by atoms with E-state index >= 15 is 0 Å². The number of benzene rings is 1. The molecule has 2 heterocycles. The number of fused-ring (bicyclic) bond motifs is 1. The van der Waals surface area contributed by atoms with Crippen molar-refractivity contribution in [1.29, 1.82) is 0 Å². The Bertz CT molecular complexity index is 552. The van der Waals surface area contributed by atoms with Gasteiger partial charge in [-0.15, -0.1) is 0 Å². The van der Waals surface area contributed by atoms with Crippen LogP contribution in [-0.2, 0) is 7.05 Å². The van der Waals surface area contributed by atoms with Crippen LogP contribution < -0.4 is 5.32 Å². The fourth-order valence-corrected chi connectivity index (χ4v) is 2.88. The van der Waals surface area contributed by atoms with Gasteiger partial charge in [-0.25, -0.2) is 4.98 Å². The highest BCUT2D eigenvalue weighted by atomic mass is 15.2. The van der Waals surface area contributed by atoms with Crippen molar-refractivity contribution < 1.29 is 0 Å². The maximum absolute atomic E-state index is 4.46. The quantitative estimate of drug-likeness (QED) is 0.893. The topological polar surface area (TPSA) is 33.1 Å². The van der Waals surface area contributed by atoms with E-state index in [9.17, 15) is 0 Å². The minimum absolute atomic E-state index is 0.464. The van der Waals surface area contributed by atoms with E-state index in [0.717, 1.165) is 25.2 Å². The number of aromatic nitrogens is 2. The standard InChI is InChI=1S/C15H22N4/c1-12(19-8-3-6-16-7-9-19)13-4-5-15-14(10-13)17-11-18(15)2/h4-5,10-12,16H,3,6-9H2,1-2H3. The van der Waals surface area contributed by atoms with E-state index in [2.05, 4.69) is 44.9 Å². The zero-order valence-corrected chi connectivity index (χ0v) is 11.8. The molecule has 3 rings (SSSR count). The third kappa shape index (κ3) is 2.51. The average molecular weight is 258 g/mol. The van der Waals surface area contributed by atoms with Gasteiger partial charge in [0.05, 0.1) is 17.4 Å². The SMILES string of the molecule is CC(c1ccc2c(c1)ncn2C)N1CCCNCC1. The second kappa shape index (κ2) is 5.31. The lowest BCUT2D eigenvalue weighted by molar-refractivity contribution is 0.225. The molecular formula is C15H22N4. The Labute approximate surface area is 114 Å². The first kappa shape index (κ1) is 12.6. The smallest absolute Gasteiger partial charge is 0.0955 e. The molecule has 2 aromatic rings. The van der Waals surface area contributed by atoms with Gasteiger partial charge in [0, 0.05) is 26.2 Å². The third-order valence-electron chi connectivity index (χ3n) is 4.15. The van der Waals surface area contributed by atoms with Crippen molar-refractivity contribution in [2.24, 2.45) is 7.05 Å². The normalized spacial score (nSPS) is 19.5. The third-order valence-corrected chi connectivity index (χ3v) is 4.15. The molecule has 1 N–H and O–H groups in total. The number of nitrogens with zero attached hydrogens (tertiary/aromatic N) is 3. The molecule has 1 unspecified atom stereocenters. The molecule has 0 amide bonds. The Morgan fingerprint density at radius 2 is 2.16 bits per heavy atom. The lowest BCUT2D eigenvalue weighted by Gasteiger charge is -2.27. The summed E-state index contributed by atoms with van der Waals surface area (Å²) in [5.74, 6) is 0. The van der Waals surface area contributed by atoms with Crippen LogP contribution in [0.2, 0.25) is 0 Å². The molecule has 0 spiro atoms. The highest BCUT2D eigenvalue weighted by Crippen LogP contribution is 2.24. The largest absolute Gasteiger partial charge is 0.334 e. The van der Waals surface area contributed by atoms with Gasteiger partial charge in [-0.3, -0.25) is 4.90 Å². The lowest BCUT2D eigenvalue weighted by atomic mass is 10.1. The van der Waals surface area contributed by atoms with Crippen LogP contribution in [0.5, 0.6) is 0 Å². The highest BCUT2D eigenvalue weighted by Gasteiger charge is 2.17. The van der Waals surface area contributed by atoms with Crippen molar-refractivity contribution in [1.82, 2.24) is 19.8 Å². The summed E-state index contributed by atoms with van der Waals surface area (Å²) in [6.45, 7) is 6.84. The Hall–Kier alpha value is -1.39. The van der Waals surface area contributed by atoms with E-state index in [1.54, 1.807) is 0 Å². The Morgan fingerprint density at radius 3 is 3.05 bits per heavy atom. The number of hydrogen-bond donors (Lipinski definition) is 1. The molecule has 1 aromatic carbocycles. The molecule has 0 aliphatic carbocycles. The molecule has 1 atom stereocenters. The van der Waals surface area contributed by atoms with E-state index in [1.807, 2.05) is 13.4 Å². The molecule has 1 fully saturated rings. The number of rotatable bonds is 2. The van der Waals surface area contributed by atoms with E-state index < -0.39 is 0 Å². The van der Waals surface area contributed by atoms with E-state index in [0.29, 0.717) is 6.04 Å². The van der Waals surface area contributed by atoms with Gasteiger partial charge in [0.2, 0.25) is 0 Å². The van der Waals surface area contributed by atoms with E-state index in [4.69, 9.17) is 0 Å². The minimum atomic E-state index is 0.464. The Kier molecular flexibility index (Phi) is 3.53. The van der Waals surface area contributed by atoms with Gasteiger partial charge >= 0.3 is 0 Å². The van der Waals surface area contributed by atoms with Gasteiger partial charge in [0.15, 0.2) is 0 Å². The zero-order valence-electron chi connectivity index (χ0n) is 11.8. The molecule has 4 heteroatoms. The van der Waals surface area contributed by atoms with Crippen LogP contribution in [0.3, 0.4) is 0 Å². The maximum Gasteiger partial charge on any atom is 0.0955 e. The van der Waals surface area contributed by atoms with Crippen LogP contribution in [0, 0.1) is 0 Å². The molecule has 0 radical (unpaired) electrons. The summed E-state index contributed by atoms with van der Waals surface area (Å²) in [6, 6.07) is 7.13. The number of aryl methyl sites for hydroxylation is 1. The first-order chi connectivity index (χ1) is 9.25. The van der Waals surface area contributed by atoms with Crippen molar-refractivity contribution in [2.75, 3.05) is 26.2 Å². The monoisotopic (exact) mass is 258 g/mol. The second-order valence-corrected chi connectivity index (χ2v) is 5.42. The fraction of sp³-hybridized carbons (Fsp3) is 0.533. The first-order valence-electron chi connectivity index (χ1n) is 7.11. The molecule has 19 heavy (non-hydrogen) atoms. The van der Waals surface area contributed by atoms with E-state index in [-0.39, 0.29) is 0 Å². The lowest BCUT2D eigenvalue weighted by Crippen LogP contribution is -2.30. The molecular weight excluding hydrogens is 236 g/mol. The van der Waals surface area contributed by atoms with Crippen LogP contribution in [0.15, 0.2) is 24.5 Å². The number of imidazole rings is 1. The summed E-state index contributed by atoms with van der Waals surface area (Å²) in [5, 5.41) is 3.46. The summed E-state index contributed by atoms with van der Waals surface area (Å²) in [5.41, 5.74) is 3.67. The molecule has 1 saturated heterocycles. The van der Waals surface area contributed by atoms with Crippen LogP contribution in [0.4, 0.5) is 0 Å². The number of nitrogens with one attached hydrogen (secondary N) is 1.